The number of pyridine rings is 1. The van der Waals surface area contributed by atoms with E-state index in [1.165, 1.54) is 5.56 Å². The second-order valence-electron chi connectivity index (χ2n) is 10.4. The third-order valence-corrected chi connectivity index (χ3v) is 6.41. The molecule has 2 aromatic heterocycles. The van der Waals surface area contributed by atoms with Gasteiger partial charge in [-0.3, -0.25) is 9.78 Å². The van der Waals surface area contributed by atoms with Crippen LogP contribution in [0.2, 0.25) is 0 Å². The van der Waals surface area contributed by atoms with Crippen molar-refractivity contribution in [2.45, 2.75) is 45.1 Å². The number of nitrogens with two attached hydrogens (primary N) is 1. The first kappa shape index (κ1) is 26.9. The number of phenols is 1. The minimum atomic E-state index is -0.483. The molecule has 0 fully saturated rings. The molecular weight excluding hydrogens is 476 g/mol. The van der Waals surface area contributed by atoms with Crippen LogP contribution in [0.5, 0.6) is 5.75 Å². The van der Waals surface area contributed by atoms with E-state index in [0.29, 0.717) is 19.5 Å². The average Bonchev–Trinajstić information content (AvgIpc) is 3.33. The van der Waals surface area contributed by atoms with Crippen molar-refractivity contribution in [2.24, 2.45) is 5.73 Å². The van der Waals surface area contributed by atoms with Gasteiger partial charge in [-0.15, -0.1) is 0 Å². The third-order valence-electron chi connectivity index (χ3n) is 6.41. The topological polar surface area (TPSA) is 118 Å². The van der Waals surface area contributed by atoms with Gasteiger partial charge < -0.3 is 21.5 Å². The number of benzene rings is 2. The van der Waals surface area contributed by atoms with Crippen LogP contribution in [-0.2, 0) is 16.6 Å². The summed E-state index contributed by atoms with van der Waals surface area (Å²) in [4.78, 5) is 16.2. The number of primary amides is 1. The molecule has 0 saturated heterocycles. The largest absolute Gasteiger partial charge is 0.508 e. The molecule has 198 valence electrons. The fourth-order valence-corrected chi connectivity index (χ4v) is 4.18. The smallest absolute Gasteiger partial charge is 0.234 e. The molecule has 0 saturated carbocycles. The van der Waals surface area contributed by atoms with E-state index in [1.807, 2.05) is 22.9 Å². The monoisotopic (exact) mass is 512 g/mol. The zero-order chi connectivity index (χ0) is 27.1. The van der Waals surface area contributed by atoms with Gasteiger partial charge in [0.2, 0.25) is 5.91 Å². The number of carbonyl (C=O) groups excluding carboxylic acids is 1. The molecule has 4 aromatic rings. The molecule has 1 unspecified atom stereocenters. The average molecular weight is 513 g/mol. The molecule has 38 heavy (non-hydrogen) atoms. The maximum atomic E-state index is 12.0. The Bertz CT molecular complexity index is 1330. The number of aromatic nitrogens is 3. The van der Waals surface area contributed by atoms with E-state index >= 15 is 0 Å². The van der Waals surface area contributed by atoms with E-state index in [9.17, 15) is 9.90 Å². The lowest BCUT2D eigenvalue weighted by atomic mass is 9.87. The molecule has 8 heteroatoms. The van der Waals surface area contributed by atoms with Crippen LogP contribution >= 0.6 is 0 Å². The fourth-order valence-electron chi connectivity index (χ4n) is 4.18. The summed E-state index contributed by atoms with van der Waals surface area (Å²) >= 11 is 0. The highest BCUT2D eigenvalue weighted by atomic mass is 16.3. The van der Waals surface area contributed by atoms with Crippen molar-refractivity contribution in [3.8, 4) is 22.7 Å². The Hall–Kier alpha value is -4.17. The Morgan fingerprint density at radius 3 is 2.42 bits per heavy atom. The van der Waals surface area contributed by atoms with E-state index in [4.69, 9.17) is 10.8 Å². The second-order valence-corrected chi connectivity index (χ2v) is 10.4. The highest BCUT2D eigenvalue weighted by Gasteiger charge is 2.17. The van der Waals surface area contributed by atoms with Crippen molar-refractivity contribution in [3.05, 3.63) is 90.3 Å². The van der Waals surface area contributed by atoms with Gasteiger partial charge >= 0.3 is 0 Å². The van der Waals surface area contributed by atoms with Gasteiger partial charge in [-0.1, -0.05) is 45.0 Å². The van der Waals surface area contributed by atoms with Crippen LogP contribution in [0, 0.1) is 0 Å². The molecule has 4 rings (SSSR count). The number of rotatable bonds is 11. The minimum Gasteiger partial charge on any atom is -0.508 e. The number of amides is 1. The standard InChI is InChI=1S/C30H36N6O2/c1-30(2,3)23-9-11-24(12-10-23)36-28(19-26(35-36)22-6-4-15-32-20-22)34-17-5-16-33-27(29(31)38)18-21-7-13-25(37)14-8-21/h4,6-15,19-20,27,33-34,37H,5,16-18H2,1-3H3,(H2,31,38). The lowest BCUT2D eigenvalue weighted by molar-refractivity contribution is -0.120. The number of nitrogens with one attached hydrogen (secondary N) is 2. The van der Waals surface area contributed by atoms with Crippen LogP contribution in [-0.4, -0.2) is 44.9 Å². The van der Waals surface area contributed by atoms with Crippen molar-refractivity contribution in [1.29, 1.82) is 0 Å². The first-order chi connectivity index (χ1) is 18.2. The van der Waals surface area contributed by atoms with E-state index in [1.54, 1.807) is 36.7 Å². The van der Waals surface area contributed by atoms with E-state index < -0.39 is 11.9 Å². The molecule has 0 bridgehead atoms. The molecule has 0 spiro atoms. The van der Waals surface area contributed by atoms with Gasteiger partial charge in [-0.05, 0) is 72.3 Å². The molecule has 1 atom stereocenters. The maximum absolute atomic E-state index is 12.0. The highest BCUT2D eigenvalue weighted by molar-refractivity contribution is 5.80. The SMILES string of the molecule is CC(C)(C)c1ccc(-n2nc(-c3cccnc3)cc2NCCCNC(Cc2ccc(O)cc2)C(N)=O)cc1. The lowest BCUT2D eigenvalue weighted by Crippen LogP contribution is -2.43. The molecule has 0 aliphatic heterocycles. The summed E-state index contributed by atoms with van der Waals surface area (Å²) in [6.07, 6.45) is 4.80. The number of carbonyl (C=O) groups is 1. The van der Waals surface area contributed by atoms with Gasteiger partial charge in [0.15, 0.2) is 0 Å². The summed E-state index contributed by atoms with van der Waals surface area (Å²) in [6, 6.07) is 20.7. The van der Waals surface area contributed by atoms with Gasteiger partial charge in [0, 0.05) is 30.6 Å². The van der Waals surface area contributed by atoms with E-state index in [0.717, 1.165) is 34.7 Å². The van der Waals surface area contributed by atoms with Crippen LogP contribution in [0.25, 0.3) is 16.9 Å². The van der Waals surface area contributed by atoms with Crippen molar-refractivity contribution in [3.63, 3.8) is 0 Å². The Morgan fingerprint density at radius 1 is 1.05 bits per heavy atom. The molecule has 2 aromatic carbocycles. The van der Waals surface area contributed by atoms with Crippen LogP contribution in [0.1, 0.15) is 38.3 Å². The summed E-state index contributed by atoms with van der Waals surface area (Å²) in [5, 5.41) is 21.1. The zero-order valence-corrected chi connectivity index (χ0v) is 22.2. The van der Waals surface area contributed by atoms with Gasteiger partial charge in [0.25, 0.3) is 0 Å². The molecule has 0 radical (unpaired) electrons. The van der Waals surface area contributed by atoms with E-state index in [-0.39, 0.29) is 11.2 Å². The summed E-state index contributed by atoms with van der Waals surface area (Å²) < 4.78 is 1.92. The number of phenolic OH excluding ortho intramolecular Hbond substituents is 1. The van der Waals surface area contributed by atoms with Crippen LogP contribution in [0.15, 0.2) is 79.1 Å². The molecule has 8 nitrogen and oxygen atoms in total. The fraction of sp³-hybridized carbons (Fsp3) is 0.300. The molecule has 1 amide bonds. The molecule has 0 aliphatic rings. The second kappa shape index (κ2) is 11.9. The van der Waals surface area contributed by atoms with E-state index in [2.05, 4.69) is 60.7 Å². The van der Waals surface area contributed by atoms with Crippen molar-refractivity contribution < 1.29 is 9.90 Å². The molecule has 5 N–H and O–H groups in total. The predicted molar refractivity (Wildman–Crippen MR) is 151 cm³/mol. The number of hydrogen-bond acceptors (Lipinski definition) is 6. The Morgan fingerprint density at radius 2 is 1.79 bits per heavy atom. The number of hydrogen-bond donors (Lipinski definition) is 4. The quantitative estimate of drug-likeness (QED) is 0.221. The Labute approximate surface area is 223 Å². The van der Waals surface area contributed by atoms with Gasteiger partial charge in [-0.25, -0.2) is 4.68 Å². The van der Waals surface area contributed by atoms with Crippen molar-refractivity contribution in [1.82, 2.24) is 20.1 Å². The van der Waals surface area contributed by atoms with Crippen molar-refractivity contribution >= 4 is 11.7 Å². The van der Waals surface area contributed by atoms with Gasteiger partial charge in [0.05, 0.1) is 17.4 Å². The van der Waals surface area contributed by atoms with Gasteiger partial charge in [-0.2, -0.15) is 5.10 Å². The normalized spacial score (nSPS) is 12.3. The number of anilines is 1. The first-order valence-electron chi connectivity index (χ1n) is 12.9. The Balaban J connectivity index is 1.42. The van der Waals surface area contributed by atoms with Crippen molar-refractivity contribution in [2.75, 3.05) is 18.4 Å². The summed E-state index contributed by atoms with van der Waals surface area (Å²) in [5.41, 5.74) is 10.6. The third kappa shape index (κ3) is 6.98. The predicted octanol–water partition coefficient (Wildman–Crippen LogP) is 4.43. The number of nitrogens with zero attached hydrogens (tertiary/aromatic N) is 3. The van der Waals surface area contributed by atoms with Crippen LogP contribution < -0.4 is 16.4 Å². The minimum absolute atomic E-state index is 0.0721. The molecular formula is C30H36N6O2. The zero-order valence-electron chi connectivity index (χ0n) is 22.2. The van der Waals surface area contributed by atoms with Gasteiger partial charge in [0.1, 0.15) is 11.6 Å². The molecule has 0 aliphatic carbocycles. The summed E-state index contributed by atoms with van der Waals surface area (Å²) in [7, 11) is 0. The lowest BCUT2D eigenvalue weighted by Gasteiger charge is -2.19. The first-order valence-corrected chi connectivity index (χ1v) is 12.9. The maximum Gasteiger partial charge on any atom is 0.234 e. The molecule has 2 heterocycles. The van der Waals surface area contributed by atoms with Crippen LogP contribution in [0.3, 0.4) is 0 Å². The highest BCUT2D eigenvalue weighted by Crippen LogP contribution is 2.27. The summed E-state index contributed by atoms with van der Waals surface area (Å²) in [5.74, 6) is 0.673. The Kier molecular flexibility index (Phi) is 8.43. The summed E-state index contributed by atoms with van der Waals surface area (Å²) in [6.45, 7) is 7.89. The van der Waals surface area contributed by atoms with Crippen LogP contribution in [0.4, 0.5) is 5.82 Å². The number of aromatic hydroxyl groups is 1.